The largest absolute Gasteiger partial charge is 0.393 e. The van der Waals surface area contributed by atoms with Crippen LogP contribution in [0.2, 0.25) is 0 Å². The second-order valence-electron chi connectivity index (χ2n) is 4.93. The Hall–Kier alpha value is -1.62. The van der Waals surface area contributed by atoms with E-state index in [4.69, 9.17) is 0 Å². The van der Waals surface area contributed by atoms with Gasteiger partial charge in [-0.2, -0.15) is 0 Å². The summed E-state index contributed by atoms with van der Waals surface area (Å²) in [6.45, 7) is 2.28. The molecule has 2 atom stereocenters. The highest BCUT2D eigenvalue weighted by molar-refractivity contribution is 5.93. The fraction of sp³-hybridized carbons (Fsp3) is 0.538. The molecule has 0 radical (unpaired) electrons. The predicted molar refractivity (Wildman–Crippen MR) is 67.5 cm³/mol. The number of carbonyl (C=O) groups is 1. The molecule has 1 aromatic heterocycles. The highest BCUT2D eigenvalue weighted by atomic mass is 16.3. The van der Waals surface area contributed by atoms with Crippen molar-refractivity contribution in [3.63, 3.8) is 0 Å². The van der Waals surface area contributed by atoms with E-state index in [9.17, 15) is 14.7 Å². The highest BCUT2D eigenvalue weighted by Gasteiger charge is 2.23. The summed E-state index contributed by atoms with van der Waals surface area (Å²) in [6.07, 6.45) is 2.21. The summed E-state index contributed by atoms with van der Waals surface area (Å²) in [4.78, 5) is 26.0. The highest BCUT2D eigenvalue weighted by Crippen LogP contribution is 2.24. The molecule has 1 amide bonds. The van der Waals surface area contributed by atoms with Crippen LogP contribution in [-0.2, 0) is 0 Å². The van der Waals surface area contributed by atoms with Crippen LogP contribution in [0.1, 0.15) is 35.3 Å². The van der Waals surface area contributed by atoms with Gasteiger partial charge in [0, 0.05) is 12.2 Å². The maximum Gasteiger partial charge on any atom is 0.260 e. The van der Waals surface area contributed by atoms with Crippen molar-refractivity contribution in [1.82, 2.24) is 10.3 Å². The molecule has 5 nitrogen and oxygen atoms in total. The van der Waals surface area contributed by atoms with Crippen molar-refractivity contribution in [2.45, 2.75) is 32.3 Å². The number of aryl methyl sites for hydroxylation is 1. The quantitative estimate of drug-likeness (QED) is 0.733. The summed E-state index contributed by atoms with van der Waals surface area (Å²) in [5, 5.41) is 12.1. The molecule has 3 N–H and O–H groups in total. The maximum atomic E-state index is 11.8. The number of aliphatic hydroxyl groups excluding tert-OH is 1. The van der Waals surface area contributed by atoms with Gasteiger partial charge in [-0.15, -0.1) is 0 Å². The number of hydrogen-bond acceptors (Lipinski definition) is 3. The molecular weight excluding hydrogens is 232 g/mol. The van der Waals surface area contributed by atoms with E-state index in [1.807, 2.05) is 0 Å². The number of aromatic nitrogens is 1. The average molecular weight is 250 g/mol. The molecule has 1 saturated carbocycles. The van der Waals surface area contributed by atoms with Gasteiger partial charge in [-0.1, -0.05) is 0 Å². The van der Waals surface area contributed by atoms with E-state index in [2.05, 4.69) is 10.3 Å². The Morgan fingerprint density at radius 1 is 1.50 bits per heavy atom. The van der Waals surface area contributed by atoms with E-state index in [0.717, 1.165) is 25.0 Å². The number of H-pyrrole nitrogens is 1. The Labute approximate surface area is 105 Å². The van der Waals surface area contributed by atoms with Crippen molar-refractivity contribution in [2.24, 2.45) is 5.92 Å². The Balaban J connectivity index is 1.93. The van der Waals surface area contributed by atoms with E-state index >= 15 is 0 Å². The van der Waals surface area contributed by atoms with Crippen LogP contribution in [0, 0.1) is 12.8 Å². The van der Waals surface area contributed by atoms with Crippen LogP contribution in [0.4, 0.5) is 0 Å². The molecule has 0 spiro atoms. The molecule has 1 heterocycles. The number of nitrogens with one attached hydrogen (secondary N) is 2. The molecule has 98 valence electrons. The smallest absolute Gasteiger partial charge is 0.260 e. The van der Waals surface area contributed by atoms with Crippen LogP contribution in [0.5, 0.6) is 0 Å². The van der Waals surface area contributed by atoms with E-state index in [0.29, 0.717) is 12.5 Å². The molecule has 2 unspecified atom stereocenters. The SMILES string of the molecule is Cc1ccc(C(=O)NCC2CCC(O)C2)c(=O)[nH]1. The minimum atomic E-state index is -0.362. The fourth-order valence-corrected chi connectivity index (χ4v) is 2.32. The normalized spacial score (nSPS) is 23.0. The lowest BCUT2D eigenvalue weighted by molar-refractivity contribution is 0.0943. The first-order valence-corrected chi connectivity index (χ1v) is 6.22. The number of aliphatic hydroxyl groups is 1. The molecule has 1 aromatic rings. The second-order valence-corrected chi connectivity index (χ2v) is 4.93. The molecule has 0 aliphatic heterocycles. The first kappa shape index (κ1) is 12.8. The Morgan fingerprint density at radius 2 is 2.28 bits per heavy atom. The van der Waals surface area contributed by atoms with Crippen molar-refractivity contribution in [1.29, 1.82) is 0 Å². The second kappa shape index (κ2) is 5.35. The average Bonchev–Trinajstić information content (AvgIpc) is 2.72. The van der Waals surface area contributed by atoms with Gasteiger partial charge in [0.05, 0.1) is 6.10 Å². The lowest BCUT2D eigenvalue weighted by atomic mass is 10.1. The van der Waals surface area contributed by atoms with E-state index in [1.54, 1.807) is 13.0 Å². The minimum Gasteiger partial charge on any atom is -0.393 e. The number of aromatic amines is 1. The van der Waals surface area contributed by atoms with E-state index in [-0.39, 0.29) is 23.1 Å². The van der Waals surface area contributed by atoms with E-state index in [1.165, 1.54) is 6.07 Å². The van der Waals surface area contributed by atoms with Gasteiger partial charge in [0.25, 0.3) is 11.5 Å². The molecule has 1 fully saturated rings. The van der Waals surface area contributed by atoms with Crippen molar-refractivity contribution in [3.05, 3.63) is 33.7 Å². The number of hydrogen-bond donors (Lipinski definition) is 3. The van der Waals surface area contributed by atoms with Gasteiger partial charge >= 0.3 is 0 Å². The van der Waals surface area contributed by atoms with Gasteiger partial charge in [-0.05, 0) is 44.2 Å². The first-order valence-electron chi connectivity index (χ1n) is 6.22. The zero-order valence-electron chi connectivity index (χ0n) is 10.4. The summed E-state index contributed by atoms with van der Waals surface area (Å²) < 4.78 is 0. The molecule has 1 aliphatic carbocycles. The van der Waals surface area contributed by atoms with Crippen molar-refractivity contribution in [2.75, 3.05) is 6.54 Å². The predicted octanol–water partition coefficient (Wildman–Crippen LogP) is 0.574. The van der Waals surface area contributed by atoms with Crippen molar-refractivity contribution < 1.29 is 9.90 Å². The van der Waals surface area contributed by atoms with Gasteiger partial charge in [-0.25, -0.2) is 0 Å². The van der Waals surface area contributed by atoms with Crippen LogP contribution in [0.15, 0.2) is 16.9 Å². The monoisotopic (exact) mass is 250 g/mol. The van der Waals surface area contributed by atoms with Crippen LogP contribution in [-0.4, -0.2) is 28.6 Å². The molecule has 2 rings (SSSR count). The molecule has 1 aliphatic rings. The van der Waals surface area contributed by atoms with Gasteiger partial charge in [-0.3, -0.25) is 9.59 Å². The van der Waals surface area contributed by atoms with Crippen molar-refractivity contribution in [3.8, 4) is 0 Å². The third-order valence-electron chi connectivity index (χ3n) is 3.36. The summed E-state index contributed by atoms with van der Waals surface area (Å²) in [5.41, 5.74) is 0.508. The Morgan fingerprint density at radius 3 is 2.89 bits per heavy atom. The van der Waals surface area contributed by atoms with Crippen LogP contribution < -0.4 is 10.9 Å². The topological polar surface area (TPSA) is 82.2 Å². The van der Waals surface area contributed by atoms with Gasteiger partial charge in [0.15, 0.2) is 0 Å². The zero-order valence-corrected chi connectivity index (χ0v) is 10.4. The lowest BCUT2D eigenvalue weighted by Gasteiger charge is -2.10. The molecule has 0 aromatic carbocycles. The minimum absolute atomic E-state index is 0.138. The Kier molecular flexibility index (Phi) is 3.81. The third kappa shape index (κ3) is 2.98. The van der Waals surface area contributed by atoms with Crippen LogP contribution in [0.25, 0.3) is 0 Å². The summed E-state index contributed by atoms with van der Waals surface area (Å²) in [7, 11) is 0. The van der Waals surface area contributed by atoms with Crippen LogP contribution in [0.3, 0.4) is 0 Å². The fourth-order valence-electron chi connectivity index (χ4n) is 2.32. The maximum absolute atomic E-state index is 11.8. The number of amides is 1. The van der Waals surface area contributed by atoms with Gasteiger partial charge in [0.1, 0.15) is 5.56 Å². The zero-order chi connectivity index (χ0) is 13.1. The number of carbonyl (C=O) groups excluding carboxylic acids is 1. The third-order valence-corrected chi connectivity index (χ3v) is 3.36. The number of pyridine rings is 1. The summed E-state index contributed by atoms with van der Waals surface area (Å²) in [5.74, 6) is -0.0360. The number of rotatable bonds is 3. The molecule has 0 bridgehead atoms. The molecule has 18 heavy (non-hydrogen) atoms. The lowest BCUT2D eigenvalue weighted by Crippen LogP contribution is -2.32. The molecular formula is C13H18N2O3. The summed E-state index contributed by atoms with van der Waals surface area (Å²) >= 11 is 0. The Bertz CT molecular complexity index is 495. The first-order chi connectivity index (χ1) is 8.56. The molecule has 0 saturated heterocycles. The van der Waals surface area contributed by atoms with Gasteiger partial charge in [0.2, 0.25) is 0 Å². The van der Waals surface area contributed by atoms with Crippen molar-refractivity contribution >= 4 is 5.91 Å². The molecule has 5 heteroatoms. The van der Waals surface area contributed by atoms with E-state index < -0.39 is 0 Å². The van der Waals surface area contributed by atoms with Crippen LogP contribution >= 0.6 is 0 Å². The standard InChI is InChI=1S/C13H18N2O3/c1-8-2-5-11(13(18)15-8)12(17)14-7-9-3-4-10(16)6-9/h2,5,9-10,16H,3-4,6-7H2,1H3,(H,14,17)(H,15,18). The van der Waals surface area contributed by atoms with Gasteiger partial charge < -0.3 is 15.4 Å². The summed E-state index contributed by atoms with van der Waals surface area (Å²) in [6, 6.07) is 3.24.